The second-order valence-electron chi connectivity index (χ2n) is 9.05. The molecule has 1 amide bonds. The molecule has 0 radical (unpaired) electrons. The number of nitrogens with two attached hydrogens (primary N) is 1. The van der Waals surface area contributed by atoms with E-state index in [1.807, 2.05) is 48.2 Å². The number of fused-ring (bicyclic) bond motifs is 1. The first-order chi connectivity index (χ1) is 14.2. The average Bonchev–Trinajstić information content (AvgIpc) is 2.89. The number of carbonyl (C=O) groups is 1. The van der Waals surface area contributed by atoms with E-state index >= 15 is 0 Å². The van der Waals surface area contributed by atoms with Crippen LogP contribution >= 0.6 is 0 Å². The smallest absolute Gasteiger partial charge is 0.283 e. The van der Waals surface area contributed by atoms with Crippen LogP contribution in [0.3, 0.4) is 0 Å². The highest BCUT2D eigenvalue weighted by atomic mass is 16.2. The van der Waals surface area contributed by atoms with Crippen LogP contribution in [0.2, 0.25) is 0 Å². The number of rotatable bonds is 1. The summed E-state index contributed by atoms with van der Waals surface area (Å²) >= 11 is 0. The molecule has 0 unspecified atom stereocenters. The maximum absolute atomic E-state index is 13.9. The molecule has 0 saturated carbocycles. The molecule has 7 heteroatoms. The van der Waals surface area contributed by atoms with E-state index in [9.17, 15) is 4.79 Å². The molecule has 4 N–H and O–H groups in total. The first-order valence-electron chi connectivity index (χ1n) is 10.3. The second-order valence-corrected chi connectivity index (χ2v) is 9.05. The molecule has 3 aliphatic rings. The van der Waals surface area contributed by atoms with E-state index in [0.717, 1.165) is 28.9 Å². The van der Waals surface area contributed by atoms with E-state index < -0.39 is 5.66 Å². The molecule has 30 heavy (non-hydrogen) atoms. The van der Waals surface area contributed by atoms with Crippen LogP contribution in [-0.2, 0) is 10.5 Å². The minimum atomic E-state index is -1.41. The summed E-state index contributed by atoms with van der Waals surface area (Å²) in [5, 5.41) is 6.20. The van der Waals surface area contributed by atoms with E-state index in [2.05, 4.69) is 42.5 Å². The van der Waals surface area contributed by atoms with Crippen LogP contribution in [0.4, 0.5) is 11.4 Å². The highest BCUT2D eigenvalue weighted by Crippen LogP contribution is 2.55. The first-order valence-corrected chi connectivity index (χ1v) is 10.3. The minimum absolute atomic E-state index is 0.155. The SMILES string of the molecule is Cc1cc2c3c(c1)[C@@]1(N=C(N)NC(Nc4ccccc4)=N1)C(=O)N3C(C)(C)C[C@@H]2C. The zero-order chi connectivity index (χ0) is 21.3. The lowest BCUT2D eigenvalue weighted by Gasteiger charge is -2.43. The van der Waals surface area contributed by atoms with Gasteiger partial charge in [-0.25, -0.2) is 9.98 Å². The van der Waals surface area contributed by atoms with Crippen molar-refractivity contribution in [3.63, 3.8) is 0 Å². The zero-order valence-electron chi connectivity index (χ0n) is 17.7. The van der Waals surface area contributed by atoms with Gasteiger partial charge in [-0.05, 0) is 56.9 Å². The van der Waals surface area contributed by atoms with Crippen molar-refractivity contribution in [3.8, 4) is 0 Å². The fraction of sp³-hybridized carbons (Fsp3) is 0.348. The van der Waals surface area contributed by atoms with Gasteiger partial charge in [-0.15, -0.1) is 0 Å². The van der Waals surface area contributed by atoms with Gasteiger partial charge >= 0.3 is 0 Å². The zero-order valence-corrected chi connectivity index (χ0v) is 17.7. The van der Waals surface area contributed by atoms with Gasteiger partial charge in [-0.2, -0.15) is 0 Å². The quantitative estimate of drug-likeness (QED) is 0.683. The van der Waals surface area contributed by atoms with E-state index in [-0.39, 0.29) is 17.4 Å². The predicted molar refractivity (Wildman–Crippen MR) is 120 cm³/mol. The standard InChI is InChI=1S/C23H26N6O/c1-13-10-16-14(2)12-22(3,4)29-18(16)17(11-13)23(19(29)30)27-20(24)26-21(28-23)25-15-8-6-5-7-9-15/h5-11,14H,12H2,1-4H3,(H4,24,25,26,27,28)/t14-,23-/m0/s1. The predicted octanol–water partition coefficient (Wildman–Crippen LogP) is 3.17. The molecule has 0 bridgehead atoms. The Kier molecular flexibility index (Phi) is 3.78. The van der Waals surface area contributed by atoms with Crippen molar-refractivity contribution in [1.82, 2.24) is 5.32 Å². The van der Waals surface area contributed by atoms with Crippen molar-refractivity contribution in [1.29, 1.82) is 0 Å². The lowest BCUT2D eigenvalue weighted by molar-refractivity contribution is -0.123. The van der Waals surface area contributed by atoms with Gasteiger partial charge in [-0.1, -0.05) is 36.8 Å². The molecule has 154 valence electrons. The third-order valence-electron chi connectivity index (χ3n) is 6.17. The highest BCUT2D eigenvalue weighted by molar-refractivity contribution is 6.15. The summed E-state index contributed by atoms with van der Waals surface area (Å²) in [6.45, 7) is 8.47. The lowest BCUT2D eigenvalue weighted by Crippen LogP contribution is -2.55. The molecule has 0 fully saturated rings. The maximum atomic E-state index is 13.9. The summed E-state index contributed by atoms with van der Waals surface area (Å²) < 4.78 is 0. The molecule has 5 rings (SSSR count). The largest absolute Gasteiger partial charge is 0.370 e. The van der Waals surface area contributed by atoms with Gasteiger partial charge in [0.15, 0.2) is 5.96 Å². The lowest BCUT2D eigenvalue weighted by atomic mass is 9.79. The molecule has 1 spiro atoms. The monoisotopic (exact) mass is 402 g/mol. The van der Waals surface area contributed by atoms with E-state index in [4.69, 9.17) is 10.7 Å². The van der Waals surface area contributed by atoms with Crippen LogP contribution in [0.5, 0.6) is 0 Å². The van der Waals surface area contributed by atoms with Crippen LogP contribution in [0, 0.1) is 6.92 Å². The Morgan fingerprint density at radius 1 is 1.20 bits per heavy atom. The molecule has 7 nitrogen and oxygen atoms in total. The molecule has 0 aliphatic carbocycles. The Labute approximate surface area is 176 Å². The molecular weight excluding hydrogens is 376 g/mol. The molecule has 0 saturated heterocycles. The number of guanidine groups is 2. The van der Waals surface area contributed by atoms with Gasteiger partial charge in [0.25, 0.3) is 11.6 Å². The van der Waals surface area contributed by atoms with E-state index in [1.54, 1.807) is 0 Å². The van der Waals surface area contributed by atoms with Crippen molar-refractivity contribution < 1.29 is 4.79 Å². The summed E-state index contributed by atoms with van der Waals surface area (Å²) in [5.74, 6) is 0.751. The van der Waals surface area contributed by atoms with E-state index in [0.29, 0.717) is 11.9 Å². The number of aryl methyl sites for hydroxylation is 1. The maximum Gasteiger partial charge on any atom is 0.283 e. The fourth-order valence-electron chi connectivity index (χ4n) is 5.07. The molecule has 2 aromatic carbocycles. The van der Waals surface area contributed by atoms with Crippen LogP contribution < -0.4 is 21.3 Å². The van der Waals surface area contributed by atoms with Gasteiger partial charge in [-0.3, -0.25) is 10.1 Å². The van der Waals surface area contributed by atoms with Crippen LogP contribution in [0.1, 0.15) is 49.8 Å². The summed E-state index contributed by atoms with van der Waals surface area (Å²) in [6.07, 6.45) is 0.876. The van der Waals surface area contributed by atoms with Gasteiger partial charge in [0, 0.05) is 16.8 Å². The number of anilines is 2. The summed E-state index contributed by atoms with van der Waals surface area (Å²) in [6, 6.07) is 13.9. The van der Waals surface area contributed by atoms with Crippen molar-refractivity contribution in [3.05, 3.63) is 59.2 Å². The number of aliphatic imine (C=N–C) groups is 2. The average molecular weight is 403 g/mol. The third kappa shape index (κ3) is 2.54. The highest BCUT2D eigenvalue weighted by Gasteiger charge is 2.59. The Hall–Kier alpha value is -3.35. The molecule has 3 aliphatic heterocycles. The Balaban J connectivity index is 1.72. The number of carbonyl (C=O) groups excluding carboxylic acids is 1. The van der Waals surface area contributed by atoms with Crippen LogP contribution in [-0.4, -0.2) is 23.4 Å². The number of amides is 1. The summed E-state index contributed by atoms with van der Waals surface area (Å²) in [5.41, 5.74) is 9.28. The Morgan fingerprint density at radius 2 is 1.93 bits per heavy atom. The van der Waals surface area contributed by atoms with Gasteiger partial charge in [0.05, 0.1) is 5.69 Å². The molecule has 2 atom stereocenters. The van der Waals surface area contributed by atoms with Gasteiger partial charge in [0.2, 0.25) is 5.96 Å². The van der Waals surface area contributed by atoms with Crippen molar-refractivity contribution in [2.75, 3.05) is 10.2 Å². The fourth-order valence-corrected chi connectivity index (χ4v) is 5.07. The number of nitrogens with zero attached hydrogens (tertiary/aromatic N) is 3. The number of nitrogens with one attached hydrogen (secondary N) is 2. The molecule has 3 heterocycles. The van der Waals surface area contributed by atoms with Crippen molar-refractivity contribution >= 4 is 29.2 Å². The summed E-state index contributed by atoms with van der Waals surface area (Å²) in [7, 11) is 0. The normalized spacial score (nSPS) is 26.1. The topological polar surface area (TPSA) is 95.1 Å². The second kappa shape index (κ2) is 6.08. The number of para-hydroxylation sites is 1. The Bertz CT molecular complexity index is 1120. The number of hydrogen-bond acceptors (Lipinski definition) is 6. The third-order valence-corrected chi connectivity index (χ3v) is 6.17. The minimum Gasteiger partial charge on any atom is -0.370 e. The van der Waals surface area contributed by atoms with Crippen molar-refractivity contribution in [2.24, 2.45) is 15.7 Å². The summed E-state index contributed by atoms with van der Waals surface area (Å²) in [4.78, 5) is 25.2. The molecular formula is C23H26N6O. The number of benzene rings is 2. The van der Waals surface area contributed by atoms with Gasteiger partial charge in [0.1, 0.15) is 0 Å². The molecule has 0 aromatic heterocycles. The first kappa shape index (κ1) is 18.7. The number of hydrogen-bond donors (Lipinski definition) is 3. The van der Waals surface area contributed by atoms with E-state index in [1.165, 1.54) is 5.56 Å². The van der Waals surface area contributed by atoms with Crippen molar-refractivity contribution in [2.45, 2.75) is 51.2 Å². The molecule has 2 aromatic rings. The van der Waals surface area contributed by atoms with Crippen LogP contribution in [0.25, 0.3) is 0 Å². The van der Waals surface area contributed by atoms with Gasteiger partial charge < -0.3 is 16.0 Å². The van der Waals surface area contributed by atoms with Crippen LogP contribution in [0.15, 0.2) is 52.4 Å². The Morgan fingerprint density at radius 3 is 2.67 bits per heavy atom.